The fourth-order valence-electron chi connectivity index (χ4n) is 0.961. The molecular formula is C11H20N2O2S. The summed E-state index contributed by atoms with van der Waals surface area (Å²) in [5.41, 5.74) is 0. The van der Waals surface area contributed by atoms with E-state index in [-0.39, 0.29) is 1.43 Å². The summed E-state index contributed by atoms with van der Waals surface area (Å²) in [6.45, 7) is 8.60. The van der Waals surface area contributed by atoms with Crippen LogP contribution >= 0.6 is 11.3 Å². The smallest absolute Gasteiger partial charge is 0.412 e. The summed E-state index contributed by atoms with van der Waals surface area (Å²) < 4.78 is 5.09. The minimum Gasteiger partial charge on any atom is -0.449 e. The molecule has 0 aromatic carbocycles. The van der Waals surface area contributed by atoms with Crippen molar-refractivity contribution in [1.82, 2.24) is 4.98 Å². The van der Waals surface area contributed by atoms with Gasteiger partial charge in [-0.2, -0.15) is 0 Å². The zero-order chi connectivity index (χ0) is 12.1. The van der Waals surface area contributed by atoms with Crippen molar-refractivity contribution in [3.05, 3.63) is 10.4 Å². The van der Waals surface area contributed by atoms with Crippen molar-refractivity contribution >= 4 is 23.2 Å². The molecule has 0 aliphatic carbocycles. The molecule has 1 amide bonds. The molecule has 0 radical (unpaired) electrons. The zero-order valence-corrected chi connectivity index (χ0v) is 10.9. The molecule has 1 aromatic rings. The Hall–Kier alpha value is -1.10. The van der Waals surface area contributed by atoms with E-state index in [1.54, 1.807) is 5.38 Å². The van der Waals surface area contributed by atoms with Crippen LogP contribution in [0.4, 0.5) is 10.6 Å². The van der Waals surface area contributed by atoms with Crippen molar-refractivity contribution in [3.8, 4) is 0 Å². The van der Waals surface area contributed by atoms with Crippen LogP contribution in [0.25, 0.3) is 0 Å². The molecule has 0 aliphatic rings. The van der Waals surface area contributed by atoms with E-state index < -0.39 is 6.09 Å². The molecule has 1 aromatic heterocycles. The summed E-state index contributed by atoms with van der Waals surface area (Å²) in [5.74, 6) is 1.43. The molecule has 0 spiro atoms. The first-order valence-electron chi connectivity index (χ1n) is 5.35. The number of hydrogen-bond donors (Lipinski definition) is 1. The van der Waals surface area contributed by atoms with E-state index in [2.05, 4.69) is 31.1 Å². The molecule has 0 saturated heterocycles. The maximum Gasteiger partial charge on any atom is 0.412 e. The van der Waals surface area contributed by atoms with E-state index in [1.807, 2.05) is 6.92 Å². The van der Waals surface area contributed by atoms with Crippen LogP contribution in [0, 0.1) is 18.8 Å². The van der Waals surface area contributed by atoms with Gasteiger partial charge in [0.25, 0.3) is 0 Å². The molecule has 0 bridgehead atoms. The quantitative estimate of drug-likeness (QED) is 0.881. The summed E-state index contributed by atoms with van der Waals surface area (Å²) in [6, 6.07) is 0. The second kappa shape index (κ2) is 5.84. The predicted octanol–water partition coefficient (Wildman–Crippen LogP) is 3.54. The average molecular weight is 244 g/mol. The van der Waals surface area contributed by atoms with Crippen LogP contribution in [0.15, 0.2) is 5.38 Å². The van der Waals surface area contributed by atoms with E-state index in [9.17, 15) is 4.79 Å². The lowest BCUT2D eigenvalue weighted by Gasteiger charge is -2.15. The third-order valence-electron chi connectivity index (χ3n) is 2.46. The SMILES string of the molecule is Cc1nc(NC(=O)OC[C@@H](C)C(C)C)cs1.[HH]. The second-order valence-corrected chi connectivity index (χ2v) is 5.26. The van der Waals surface area contributed by atoms with E-state index >= 15 is 0 Å². The molecule has 1 rings (SSSR count). The number of nitrogens with one attached hydrogen (secondary N) is 1. The average Bonchev–Trinajstić information content (AvgIpc) is 2.60. The summed E-state index contributed by atoms with van der Waals surface area (Å²) in [5, 5.41) is 5.31. The third kappa shape index (κ3) is 4.18. The van der Waals surface area contributed by atoms with Gasteiger partial charge in [-0.1, -0.05) is 20.8 Å². The monoisotopic (exact) mass is 244 g/mol. The topological polar surface area (TPSA) is 51.2 Å². The van der Waals surface area contributed by atoms with Gasteiger partial charge >= 0.3 is 6.09 Å². The predicted molar refractivity (Wildman–Crippen MR) is 67.9 cm³/mol. The highest BCUT2D eigenvalue weighted by molar-refractivity contribution is 7.09. The van der Waals surface area contributed by atoms with Crippen LogP contribution in [0.1, 0.15) is 27.2 Å². The second-order valence-electron chi connectivity index (χ2n) is 4.20. The van der Waals surface area contributed by atoms with Crippen molar-refractivity contribution < 1.29 is 11.0 Å². The Balaban J connectivity index is 0.00000256. The highest BCUT2D eigenvalue weighted by atomic mass is 32.1. The Bertz CT molecular complexity index is 355. The van der Waals surface area contributed by atoms with Gasteiger partial charge in [0.2, 0.25) is 0 Å². The van der Waals surface area contributed by atoms with Gasteiger partial charge in [0.05, 0.1) is 11.6 Å². The number of carbonyl (C=O) groups excluding carboxylic acids is 1. The Kier molecular flexibility index (Phi) is 4.73. The van der Waals surface area contributed by atoms with Gasteiger partial charge in [0.15, 0.2) is 0 Å². The Morgan fingerprint density at radius 1 is 1.62 bits per heavy atom. The first-order valence-corrected chi connectivity index (χ1v) is 6.23. The molecule has 16 heavy (non-hydrogen) atoms. The molecule has 0 saturated carbocycles. The first-order chi connectivity index (χ1) is 7.49. The number of ether oxygens (including phenoxy) is 1. The number of anilines is 1. The molecule has 0 aliphatic heterocycles. The minimum atomic E-state index is -0.433. The summed E-state index contributed by atoms with van der Waals surface area (Å²) >= 11 is 1.49. The summed E-state index contributed by atoms with van der Waals surface area (Å²) in [4.78, 5) is 15.5. The van der Waals surface area contributed by atoms with E-state index in [0.29, 0.717) is 24.3 Å². The van der Waals surface area contributed by atoms with Crippen LogP contribution in [0.3, 0.4) is 0 Å². The Labute approximate surface area is 102 Å². The molecule has 92 valence electrons. The van der Waals surface area contributed by atoms with Crippen molar-refractivity contribution in [1.29, 1.82) is 0 Å². The molecular weight excluding hydrogens is 224 g/mol. The summed E-state index contributed by atoms with van der Waals surface area (Å²) in [6.07, 6.45) is -0.433. The van der Waals surface area contributed by atoms with Crippen molar-refractivity contribution in [2.45, 2.75) is 27.7 Å². The van der Waals surface area contributed by atoms with E-state index in [0.717, 1.165) is 5.01 Å². The molecule has 1 heterocycles. The molecule has 0 fully saturated rings. The minimum absolute atomic E-state index is 0. The van der Waals surface area contributed by atoms with Crippen molar-refractivity contribution in [3.63, 3.8) is 0 Å². The Morgan fingerprint density at radius 2 is 2.31 bits per heavy atom. The normalized spacial score (nSPS) is 12.6. The summed E-state index contributed by atoms with van der Waals surface area (Å²) in [7, 11) is 0. The van der Waals surface area contributed by atoms with Crippen LogP contribution in [-0.4, -0.2) is 17.7 Å². The lowest BCUT2D eigenvalue weighted by molar-refractivity contribution is 0.133. The number of aryl methyl sites for hydroxylation is 1. The zero-order valence-electron chi connectivity index (χ0n) is 10.1. The fraction of sp³-hybridized carbons (Fsp3) is 0.636. The number of rotatable bonds is 4. The standard InChI is InChI=1S/C11H18N2O2S.H2/c1-7(2)8(3)5-15-11(14)13-10-6-16-9(4)12-10;/h6-8H,5H2,1-4H3,(H,13,14);1H/t8-;/m1./s1. The van der Waals surface area contributed by atoms with Gasteiger partial charge in [-0.25, -0.2) is 9.78 Å². The van der Waals surface area contributed by atoms with Crippen LogP contribution in [0.2, 0.25) is 0 Å². The largest absolute Gasteiger partial charge is 0.449 e. The van der Waals surface area contributed by atoms with Gasteiger partial charge in [0, 0.05) is 6.81 Å². The van der Waals surface area contributed by atoms with Gasteiger partial charge in [0.1, 0.15) is 5.82 Å². The van der Waals surface area contributed by atoms with Gasteiger partial charge in [-0.05, 0) is 18.8 Å². The number of amides is 1. The van der Waals surface area contributed by atoms with Crippen LogP contribution < -0.4 is 5.32 Å². The van der Waals surface area contributed by atoms with Crippen LogP contribution in [-0.2, 0) is 4.74 Å². The number of nitrogens with zero attached hydrogens (tertiary/aromatic N) is 1. The van der Waals surface area contributed by atoms with Crippen LogP contribution in [0.5, 0.6) is 0 Å². The lowest BCUT2D eigenvalue weighted by atomic mass is 10.00. The number of thiazole rings is 1. The Morgan fingerprint density at radius 3 is 2.81 bits per heavy atom. The highest BCUT2D eigenvalue weighted by Gasteiger charge is 2.11. The number of aromatic nitrogens is 1. The first kappa shape index (κ1) is 13.0. The van der Waals surface area contributed by atoms with Gasteiger partial charge in [-0.15, -0.1) is 11.3 Å². The number of carbonyl (C=O) groups is 1. The third-order valence-corrected chi connectivity index (χ3v) is 3.24. The maximum absolute atomic E-state index is 11.4. The van der Waals surface area contributed by atoms with Crippen molar-refractivity contribution in [2.75, 3.05) is 11.9 Å². The number of hydrogen-bond acceptors (Lipinski definition) is 4. The van der Waals surface area contributed by atoms with E-state index in [4.69, 9.17) is 4.74 Å². The molecule has 0 unspecified atom stereocenters. The lowest BCUT2D eigenvalue weighted by Crippen LogP contribution is -2.20. The van der Waals surface area contributed by atoms with Crippen molar-refractivity contribution in [2.24, 2.45) is 11.8 Å². The molecule has 1 atom stereocenters. The maximum atomic E-state index is 11.4. The molecule has 5 heteroatoms. The highest BCUT2D eigenvalue weighted by Crippen LogP contribution is 2.13. The molecule has 4 nitrogen and oxygen atoms in total. The van der Waals surface area contributed by atoms with Gasteiger partial charge in [-0.3, -0.25) is 5.32 Å². The van der Waals surface area contributed by atoms with Gasteiger partial charge < -0.3 is 4.74 Å². The fourth-order valence-corrected chi connectivity index (χ4v) is 1.51. The van der Waals surface area contributed by atoms with E-state index in [1.165, 1.54) is 11.3 Å². The molecule has 1 N–H and O–H groups in total.